The number of anilines is 1. The number of nitrogens with one attached hydrogen (secondary N) is 1. The molecule has 1 aliphatic heterocycles. The maximum Gasteiger partial charge on any atom is 0.227 e. The minimum atomic E-state index is 0.252. The van der Waals surface area contributed by atoms with Gasteiger partial charge in [-0.2, -0.15) is 5.06 Å². The average molecular weight is 528 g/mol. The van der Waals surface area contributed by atoms with E-state index in [9.17, 15) is 0 Å². The topological polar surface area (TPSA) is 53.5 Å². The lowest BCUT2D eigenvalue weighted by molar-refractivity contribution is -0.151. The molecule has 1 aromatic heterocycles. The molecule has 196 valence electrons. The number of rotatable bonds is 9. The van der Waals surface area contributed by atoms with Crippen molar-refractivity contribution in [1.82, 2.24) is 19.9 Å². The quantitative estimate of drug-likeness (QED) is 0.340. The maximum absolute atomic E-state index is 6.14. The molecule has 1 fully saturated rings. The smallest absolute Gasteiger partial charge is 0.227 e. The molecule has 6 nitrogen and oxygen atoms in total. The molecule has 3 aromatic rings. The number of nitrogens with zero attached hydrogens (tertiary/aromatic N) is 4. The molecule has 2 heterocycles. The zero-order valence-corrected chi connectivity index (χ0v) is 22.6. The zero-order valence-electron chi connectivity index (χ0n) is 21.8. The van der Waals surface area contributed by atoms with Crippen LogP contribution in [-0.4, -0.2) is 59.8 Å². The van der Waals surface area contributed by atoms with Gasteiger partial charge in [-0.3, -0.25) is 0 Å². The number of benzene rings is 2. The van der Waals surface area contributed by atoms with Crippen LogP contribution in [0.3, 0.4) is 0 Å². The molecule has 7 heteroatoms. The summed E-state index contributed by atoms with van der Waals surface area (Å²) in [6.07, 6.45) is 11.7. The molecule has 0 radical (unpaired) electrons. The number of halogens is 1. The fourth-order valence-electron chi connectivity index (χ4n) is 5.22. The number of piperazine rings is 1. The summed E-state index contributed by atoms with van der Waals surface area (Å²) in [4.78, 5) is 17.3. The highest BCUT2D eigenvalue weighted by Gasteiger charge is 2.27. The van der Waals surface area contributed by atoms with Gasteiger partial charge in [-0.15, -0.1) is 0 Å². The predicted molar refractivity (Wildman–Crippen MR) is 155 cm³/mol. The Labute approximate surface area is 230 Å². The van der Waals surface area contributed by atoms with E-state index in [0.717, 1.165) is 67.4 Å². The molecule has 2 aromatic carbocycles. The van der Waals surface area contributed by atoms with Gasteiger partial charge in [0.2, 0.25) is 5.95 Å². The van der Waals surface area contributed by atoms with Crippen LogP contribution in [0.5, 0.6) is 0 Å². The first kappa shape index (κ1) is 26.3. The van der Waals surface area contributed by atoms with Crippen LogP contribution in [0.4, 0.5) is 5.95 Å². The second-order valence-corrected chi connectivity index (χ2v) is 10.1. The van der Waals surface area contributed by atoms with Crippen molar-refractivity contribution < 1.29 is 4.84 Å². The van der Waals surface area contributed by atoms with Crippen molar-refractivity contribution in [3.05, 3.63) is 113 Å². The Morgan fingerprint density at radius 2 is 1.92 bits per heavy atom. The number of aromatic nitrogens is 2. The third kappa shape index (κ3) is 6.22. The average Bonchev–Trinajstić information content (AvgIpc) is 2.96. The highest BCUT2D eigenvalue weighted by atomic mass is 35.5. The Balaban J connectivity index is 1.26. The minimum absolute atomic E-state index is 0.252. The first-order valence-corrected chi connectivity index (χ1v) is 13.5. The summed E-state index contributed by atoms with van der Waals surface area (Å²) in [6, 6.07) is 16.7. The molecule has 0 saturated carbocycles. The van der Waals surface area contributed by atoms with Crippen LogP contribution in [0.2, 0.25) is 5.02 Å². The van der Waals surface area contributed by atoms with Crippen molar-refractivity contribution in [2.45, 2.75) is 18.8 Å². The zero-order chi connectivity index (χ0) is 26.3. The van der Waals surface area contributed by atoms with Gasteiger partial charge in [0, 0.05) is 61.6 Å². The monoisotopic (exact) mass is 527 g/mol. The van der Waals surface area contributed by atoms with Gasteiger partial charge in [-0.05, 0) is 53.3 Å². The normalized spacial score (nSPS) is 18.3. The van der Waals surface area contributed by atoms with E-state index in [1.165, 1.54) is 16.7 Å². The van der Waals surface area contributed by atoms with E-state index in [4.69, 9.17) is 21.4 Å². The number of hydrogen-bond donors (Lipinski definition) is 1. The summed E-state index contributed by atoms with van der Waals surface area (Å²) in [5, 5.41) is 6.05. The van der Waals surface area contributed by atoms with E-state index in [1.54, 1.807) is 7.11 Å². The number of hydrogen-bond acceptors (Lipinski definition) is 6. The Hall–Kier alpha value is -3.29. The van der Waals surface area contributed by atoms with Crippen molar-refractivity contribution in [3.8, 4) is 11.3 Å². The summed E-state index contributed by atoms with van der Waals surface area (Å²) < 4.78 is 0. The Morgan fingerprint density at radius 3 is 2.68 bits per heavy atom. The second-order valence-electron chi connectivity index (χ2n) is 9.62. The van der Waals surface area contributed by atoms with Crippen molar-refractivity contribution in [2.75, 3.05) is 45.2 Å². The van der Waals surface area contributed by atoms with Crippen LogP contribution in [-0.2, 0) is 11.3 Å². The molecule has 5 rings (SSSR count). The van der Waals surface area contributed by atoms with E-state index < -0.39 is 0 Å². The van der Waals surface area contributed by atoms with Crippen molar-refractivity contribution in [1.29, 1.82) is 0 Å². The third-order valence-electron chi connectivity index (χ3n) is 7.30. The van der Waals surface area contributed by atoms with Crippen LogP contribution in [0, 0.1) is 0 Å². The fraction of sp³-hybridized carbons (Fsp3) is 0.290. The molecule has 1 aliphatic carbocycles. The number of hydroxylamine groups is 2. The van der Waals surface area contributed by atoms with Gasteiger partial charge in [-0.1, -0.05) is 66.7 Å². The minimum Gasteiger partial charge on any atom is -0.331 e. The molecule has 0 bridgehead atoms. The Morgan fingerprint density at radius 1 is 1.13 bits per heavy atom. The molecular formula is C31H34ClN5O. The lowest BCUT2D eigenvalue weighted by atomic mass is 9.78. The molecule has 2 aliphatic rings. The van der Waals surface area contributed by atoms with Crippen LogP contribution in [0.15, 0.2) is 91.3 Å². The molecule has 1 atom stereocenters. The van der Waals surface area contributed by atoms with E-state index >= 15 is 0 Å². The van der Waals surface area contributed by atoms with Crippen molar-refractivity contribution in [3.63, 3.8) is 0 Å². The van der Waals surface area contributed by atoms with Crippen LogP contribution >= 0.6 is 11.6 Å². The highest BCUT2D eigenvalue weighted by Crippen LogP contribution is 2.42. The third-order valence-corrected chi connectivity index (χ3v) is 7.55. The molecular weight excluding hydrogens is 494 g/mol. The van der Waals surface area contributed by atoms with Gasteiger partial charge < -0.3 is 15.1 Å². The van der Waals surface area contributed by atoms with E-state index in [0.29, 0.717) is 5.95 Å². The number of fused-ring (bicyclic) bond motifs is 3. The highest BCUT2D eigenvalue weighted by molar-refractivity contribution is 6.30. The largest absolute Gasteiger partial charge is 0.331 e. The SMILES string of the molecule is C=C/C=C(\C=C/Nc1ncc2c(n1)-c1ccccc1[C@H](c1ccc(Cl)cc1)C2)CCN1CCN(OC)CC1. The lowest BCUT2D eigenvalue weighted by Gasteiger charge is -2.33. The van der Waals surface area contributed by atoms with Gasteiger partial charge in [0.25, 0.3) is 0 Å². The van der Waals surface area contributed by atoms with E-state index in [2.05, 4.69) is 70.3 Å². The summed E-state index contributed by atoms with van der Waals surface area (Å²) in [7, 11) is 1.74. The lowest BCUT2D eigenvalue weighted by Crippen LogP contribution is -2.45. The van der Waals surface area contributed by atoms with Gasteiger partial charge in [0.1, 0.15) is 0 Å². The van der Waals surface area contributed by atoms with E-state index in [-0.39, 0.29) is 5.92 Å². The standard InChI is InChI=1S/C31H34ClN5O/c1-3-6-23(14-16-36-17-19-37(38-2)20-18-36)13-15-33-31-34-22-25-21-29(24-9-11-26(32)12-10-24)27-7-4-5-8-28(27)30(25)35-31/h3-13,15,22,29H,1,14,16-21H2,2H3,(H,33,34,35)/b15-13-,23-6+/t29-/m0/s1. The summed E-state index contributed by atoms with van der Waals surface area (Å²) in [5.74, 6) is 0.843. The molecule has 1 N–H and O–H groups in total. The Bertz CT molecular complexity index is 1310. The summed E-state index contributed by atoms with van der Waals surface area (Å²) >= 11 is 6.14. The van der Waals surface area contributed by atoms with Crippen LogP contribution in [0.25, 0.3) is 11.3 Å². The van der Waals surface area contributed by atoms with Gasteiger partial charge in [0.05, 0.1) is 12.8 Å². The first-order chi connectivity index (χ1) is 18.6. The van der Waals surface area contributed by atoms with E-state index in [1.807, 2.05) is 35.7 Å². The fourth-order valence-corrected chi connectivity index (χ4v) is 5.34. The second kappa shape index (κ2) is 12.5. The van der Waals surface area contributed by atoms with Crippen molar-refractivity contribution in [2.24, 2.45) is 0 Å². The molecule has 38 heavy (non-hydrogen) atoms. The van der Waals surface area contributed by atoms with Crippen LogP contribution < -0.4 is 5.32 Å². The van der Waals surface area contributed by atoms with Crippen molar-refractivity contribution >= 4 is 17.5 Å². The summed E-state index contributed by atoms with van der Waals surface area (Å²) in [5.41, 5.74) is 7.04. The van der Waals surface area contributed by atoms with Gasteiger partial charge >= 0.3 is 0 Å². The van der Waals surface area contributed by atoms with Gasteiger partial charge in [-0.25, -0.2) is 9.97 Å². The Kier molecular flexibility index (Phi) is 8.66. The molecule has 0 spiro atoms. The first-order valence-electron chi connectivity index (χ1n) is 13.1. The predicted octanol–water partition coefficient (Wildman–Crippen LogP) is 6.09. The molecule has 1 saturated heterocycles. The number of allylic oxidation sites excluding steroid dienone is 3. The summed E-state index contributed by atoms with van der Waals surface area (Å²) in [6.45, 7) is 8.79. The molecule has 0 amide bonds. The van der Waals surface area contributed by atoms with Crippen LogP contribution in [0.1, 0.15) is 29.0 Å². The van der Waals surface area contributed by atoms with Gasteiger partial charge in [0.15, 0.2) is 0 Å². The molecule has 0 unspecified atom stereocenters. The maximum atomic E-state index is 6.14.